The highest BCUT2D eigenvalue weighted by Gasteiger charge is 2.16. The topological polar surface area (TPSA) is 106 Å². The van der Waals surface area contributed by atoms with Gasteiger partial charge in [-0.2, -0.15) is 5.26 Å². The second kappa shape index (κ2) is 12.4. The van der Waals surface area contributed by atoms with E-state index >= 15 is 0 Å². The monoisotopic (exact) mass is 526 g/mol. The van der Waals surface area contributed by atoms with Gasteiger partial charge in [-0.05, 0) is 60.9 Å². The van der Waals surface area contributed by atoms with Crippen LogP contribution in [0, 0.1) is 25.2 Å². The van der Waals surface area contributed by atoms with Crippen molar-refractivity contribution < 1.29 is 19.0 Å². The van der Waals surface area contributed by atoms with Crippen LogP contribution in [0.5, 0.6) is 17.2 Å². The molecule has 0 aliphatic heterocycles. The molecule has 0 spiro atoms. The van der Waals surface area contributed by atoms with Gasteiger partial charge in [0.05, 0.1) is 12.1 Å². The molecule has 0 atom stereocenters. The zero-order chi connectivity index (χ0) is 26.2. The van der Waals surface area contributed by atoms with Gasteiger partial charge in [0.15, 0.2) is 11.5 Å². The molecule has 0 bridgehead atoms. The predicted molar refractivity (Wildman–Crippen MR) is 141 cm³/mol. The van der Waals surface area contributed by atoms with Crippen molar-refractivity contribution in [2.24, 2.45) is 0 Å². The first-order valence-electron chi connectivity index (χ1n) is 11.2. The molecule has 0 saturated heterocycles. The highest BCUT2D eigenvalue weighted by atomic mass is 35.5. The fourth-order valence-corrected chi connectivity index (χ4v) is 4.08. The molecule has 0 aliphatic rings. The smallest absolute Gasteiger partial charge is 0.268 e. The molecule has 0 saturated carbocycles. The molecule has 10 heteroatoms. The Balaban J connectivity index is 1.68. The maximum atomic E-state index is 12.6. The van der Waals surface area contributed by atoms with Crippen LogP contribution in [-0.2, 0) is 4.79 Å². The summed E-state index contributed by atoms with van der Waals surface area (Å²) in [5.74, 6) is 1.06. The minimum atomic E-state index is -0.595. The van der Waals surface area contributed by atoms with Gasteiger partial charge in [-0.25, -0.2) is 0 Å². The largest absolute Gasteiger partial charge is 0.493 e. The Morgan fingerprint density at radius 1 is 1.17 bits per heavy atom. The highest BCUT2D eigenvalue weighted by Crippen LogP contribution is 2.37. The first-order chi connectivity index (χ1) is 17.2. The zero-order valence-corrected chi connectivity index (χ0v) is 22.3. The predicted octanol–water partition coefficient (Wildman–Crippen LogP) is 5.94. The maximum absolute atomic E-state index is 12.6. The van der Waals surface area contributed by atoms with Crippen molar-refractivity contribution in [2.75, 3.05) is 25.6 Å². The lowest BCUT2D eigenvalue weighted by molar-refractivity contribution is -0.112. The van der Waals surface area contributed by atoms with Gasteiger partial charge >= 0.3 is 0 Å². The summed E-state index contributed by atoms with van der Waals surface area (Å²) in [6.45, 7) is 8.59. The van der Waals surface area contributed by atoms with Crippen LogP contribution in [0.2, 0.25) is 5.02 Å². The Kier molecular flexibility index (Phi) is 9.28. The average Bonchev–Trinajstić information content (AvgIpc) is 3.31. The van der Waals surface area contributed by atoms with Gasteiger partial charge in [-0.3, -0.25) is 10.1 Å². The van der Waals surface area contributed by atoms with Crippen LogP contribution >= 0.6 is 22.9 Å². The van der Waals surface area contributed by atoms with Crippen molar-refractivity contribution in [3.63, 3.8) is 0 Å². The van der Waals surface area contributed by atoms with Gasteiger partial charge in [-0.15, -0.1) is 10.2 Å². The van der Waals surface area contributed by atoms with E-state index in [9.17, 15) is 10.1 Å². The number of aromatic nitrogens is 2. The molecule has 3 rings (SSSR count). The number of carbonyl (C=O) groups excluding carboxylic acids is 1. The second-order valence-corrected chi connectivity index (χ2v) is 9.62. The lowest BCUT2D eigenvalue weighted by Gasteiger charge is -2.14. The number of nitrogens with zero attached hydrogens (tertiary/aromatic N) is 3. The van der Waals surface area contributed by atoms with E-state index in [1.54, 1.807) is 12.1 Å². The van der Waals surface area contributed by atoms with Gasteiger partial charge in [0.2, 0.25) is 5.13 Å². The quantitative estimate of drug-likeness (QED) is 0.198. The number of nitrogens with one attached hydrogen (secondary N) is 1. The number of rotatable bonds is 10. The third-order valence-electron chi connectivity index (χ3n) is 5.16. The molecule has 8 nitrogen and oxygen atoms in total. The van der Waals surface area contributed by atoms with Crippen LogP contribution in [-0.4, -0.2) is 36.4 Å². The Hall–Kier alpha value is -3.61. The number of anilines is 1. The van der Waals surface area contributed by atoms with Crippen molar-refractivity contribution in [1.82, 2.24) is 10.2 Å². The SMILES string of the molecule is COc1cc(/C=C(/C#N)C(=O)Nc2nnc(C(C)C)s2)cc(Cl)c1OCCOc1ccc(C)c(C)c1. The molecule has 0 fully saturated rings. The van der Waals surface area contributed by atoms with Crippen molar-refractivity contribution >= 4 is 40.1 Å². The molecular weight excluding hydrogens is 500 g/mol. The third-order valence-corrected chi connectivity index (χ3v) is 6.58. The number of benzene rings is 2. The molecule has 188 valence electrons. The van der Waals surface area contributed by atoms with Crippen LogP contribution in [0.3, 0.4) is 0 Å². The third kappa shape index (κ3) is 6.97. The zero-order valence-electron chi connectivity index (χ0n) is 20.7. The number of methoxy groups -OCH3 is 1. The van der Waals surface area contributed by atoms with E-state index in [0.717, 1.165) is 16.3 Å². The Labute approximate surface area is 219 Å². The van der Waals surface area contributed by atoms with E-state index < -0.39 is 5.91 Å². The van der Waals surface area contributed by atoms with E-state index in [-0.39, 0.29) is 23.1 Å². The number of aryl methyl sites for hydroxylation is 2. The number of carbonyl (C=O) groups is 1. The lowest BCUT2D eigenvalue weighted by atomic mass is 10.1. The summed E-state index contributed by atoms with van der Waals surface area (Å²) < 4.78 is 17.0. The molecule has 2 aromatic carbocycles. The molecule has 1 heterocycles. The van der Waals surface area contributed by atoms with Gasteiger partial charge in [0, 0.05) is 5.92 Å². The van der Waals surface area contributed by atoms with Crippen molar-refractivity contribution in [1.29, 1.82) is 5.26 Å². The minimum absolute atomic E-state index is 0.120. The number of ether oxygens (including phenoxy) is 3. The standard InChI is InChI=1S/C26H27ClN4O4S/c1-15(2)25-30-31-26(36-25)29-24(32)19(14-28)11-18-12-21(27)23(22(13-18)33-5)35-9-8-34-20-7-6-16(3)17(4)10-20/h6-7,10-13,15H,8-9H2,1-5H3,(H,29,31,32)/b19-11-. The van der Waals surface area contributed by atoms with Gasteiger partial charge in [0.25, 0.3) is 5.91 Å². The molecule has 3 aromatic rings. The molecule has 1 amide bonds. The number of halogens is 1. The Morgan fingerprint density at radius 2 is 1.92 bits per heavy atom. The summed E-state index contributed by atoms with van der Waals surface area (Å²) in [6.07, 6.45) is 1.42. The first-order valence-corrected chi connectivity index (χ1v) is 12.4. The fraction of sp³-hybridized carbons (Fsp3) is 0.308. The minimum Gasteiger partial charge on any atom is -0.493 e. The molecule has 0 aliphatic carbocycles. The van der Waals surface area contributed by atoms with E-state index in [0.29, 0.717) is 28.8 Å². The summed E-state index contributed by atoms with van der Waals surface area (Å²) in [7, 11) is 1.48. The highest BCUT2D eigenvalue weighted by molar-refractivity contribution is 7.15. The number of amides is 1. The Morgan fingerprint density at radius 3 is 2.56 bits per heavy atom. The van der Waals surface area contributed by atoms with Crippen LogP contribution in [0.1, 0.15) is 41.5 Å². The van der Waals surface area contributed by atoms with Gasteiger partial charge in [0.1, 0.15) is 35.6 Å². The summed E-state index contributed by atoms with van der Waals surface area (Å²) in [4.78, 5) is 12.6. The van der Waals surface area contributed by atoms with Gasteiger partial charge in [-0.1, -0.05) is 42.9 Å². The Bertz CT molecular complexity index is 1310. The van der Waals surface area contributed by atoms with Crippen LogP contribution in [0.4, 0.5) is 5.13 Å². The van der Waals surface area contributed by atoms with Gasteiger partial charge < -0.3 is 14.2 Å². The number of hydrogen-bond donors (Lipinski definition) is 1. The summed E-state index contributed by atoms with van der Waals surface area (Å²) in [5.41, 5.74) is 2.73. The normalized spacial score (nSPS) is 11.2. The van der Waals surface area contributed by atoms with Crippen LogP contribution in [0.25, 0.3) is 6.08 Å². The molecule has 0 radical (unpaired) electrons. The summed E-state index contributed by atoms with van der Waals surface area (Å²) in [5, 5.41) is 21.5. The molecule has 1 N–H and O–H groups in total. The summed E-state index contributed by atoms with van der Waals surface area (Å²) in [6, 6.07) is 11.0. The van der Waals surface area contributed by atoms with Crippen LogP contribution in [0.15, 0.2) is 35.9 Å². The van der Waals surface area contributed by atoms with Crippen molar-refractivity contribution in [2.45, 2.75) is 33.6 Å². The van der Waals surface area contributed by atoms with E-state index in [4.69, 9.17) is 25.8 Å². The lowest BCUT2D eigenvalue weighted by Crippen LogP contribution is -2.13. The average molecular weight is 527 g/mol. The summed E-state index contributed by atoms with van der Waals surface area (Å²) >= 11 is 7.71. The first kappa shape index (κ1) is 27.0. The fourth-order valence-electron chi connectivity index (χ4n) is 3.07. The van der Waals surface area contributed by atoms with Crippen molar-refractivity contribution in [3.05, 3.63) is 62.6 Å². The second-order valence-electron chi connectivity index (χ2n) is 8.20. The molecule has 0 unspecified atom stereocenters. The van der Waals surface area contributed by atoms with Crippen LogP contribution < -0.4 is 19.5 Å². The molecule has 36 heavy (non-hydrogen) atoms. The maximum Gasteiger partial charge on any atom is 0.268 e. The van der Waals surface area contributed by atoms with E-state index in [1.165, 1.54) is 30.1 Å². The number of hydrogen-bond acceptors (Lipinski definition) is 8. The van der Waals surface area contributed by atoms with E-state index in [2.05, 4.69) is 15.5 Å². The van der Waals surface area contributed by atoms with E-state index in [1.807, 2.05) is 52.0 Å². The molecular formula is C26H27ClN4O4S. The van der Waals surface area contributed by atoms with Crippen molar-refractivity contribution in [3.8, 4) is 23.3 Å². The number of nitriles is 1. The molecule has 1 aromatic heterocycles.